The van der Waals surface area contributed by atoms with Crippen molar-refractivity contribution in [3.63, 3.8) is 0 Å². The number of amides is 1. The lowest BCUT2D eigenvalue weighted by molar-refractivity contribution is -0.137. The van der Waals surface area contributed by atoms with Crippen LogP contribution < -0.4 is 10.2 Å². The van der Waals surface area contributed by atoms with Crippen molar-refractivity contribution in [1.82, 2.24) is 10.3 Å². The molecular weight excluding hydrogens is 375 g/mol. The Morgan fingerprint density at radius 1 is 1.35 bits per heavy atom. The summed E-state index contributed by atoms with van der Waals surface area (Å²) in [5.41, 5.74) is -0.774. The fourth-order valence-electron chi connectivity index (χ4n) is 2.77. The molecule has 1 aliphatic heterocycles. The number of carbonyl (C=O) groups excluding carboxylic acids is 1. The molecule has 1 saturated heterocycles. The second kappa shape index (κ2) is 6.30. The van der Waals surface area contributed by atoms with Crippen molar-refractivity contribution in [1.29, 1.82) is 0 Å². The average molecular weight is 392 g/mol. The minimum atomic E-state index is -4.41. The summed E-state index contributed by atoms with van der Waals surface area (Å²) in [4.78, 5) is 17.8. The van der Waals surface area contributed by atoms with Crippen LogP contribution in [0, 0.1) is 5.92 Å². The van der Waals surface area contributed by atoms with E-state index in [1.807, 2.05) is 4.90 Å². The Bertz CT molecular complexity index is 604. The third kappa shape index (κ3) is 3.97. The minimum Gasteiger partial charge on any atom is -0.354 e. The first-order valence-electron chi connectivity index (χ1n) is 7.62. The summed E-state index contributed by atoms with van der Waals surface area (Å²) in [6, 6.07) is 1.07. The van der Waals surface area contributed by atoms with E-state index in [1.165, 1.54) is 0 Å². The predicted molar refractivity (Wildman–Crippen MR) is 83.0 cm³/mol. The van der Waals surface area contributed by atoms with Gasteiger partial charge in [0.2, 0.25) is 5.91 Å². The molecule has 3 rings (SSSR count). The highest BCUT2D eigenvalue weighted by molar-refractivity contribution is 9.10. The highest BCUT2D eigenvalue weighted by Crippen LogP contribution is 2.34. The molecule has 23 heavy (non-hydrogen) atoms. The molecule has 4 nitrogen and oxygen atoms in total. The van der Waals surface area contributed by atoms with Crippen molar-refractivity contribution in [2.24, 2.45) is 5.92 Å². The Hall–Kier alpha value is -1.31. The van der Waals surface area contributed by atoms with Gasteiger partial charge in [0.15, 0.2) is 0 Å². The van der Waals surface area contributed by atoms with Gasteiger partial charge in [-0.1, -0.05) is 0 Å². The van der Waals surface area contributed by atoms with E-state index >= 15 is 0 Å². The van der Waals surface area contributed by atoms with Gasteiger partial charge in [-0.3, -0.25) is 4.79 Å². The van der Waals surface area contributed by atoms with Gasteiger partial charge in [0.25, 0.3) is 0 Å². The molecule has 2 heterocycles. The SMILES string of the molecule is O=C(NC1CCCN(c2ncc(C(F)(F)F)cc2Br)C1)C1CC1. The van der Waals surface area contributed by atoms with Crippen molar-refractivity contribution < 1.29 is 18.0 Å². The van der Waals surface area contributed by atoms with Crippen LogP contribution in [0.1, 0.15) is 31.2 Å². The smallest absolute Gasteiger partial charge is 0.354 e. The Balaban J connectivity index is 1.69. The van der Waals surface area contributed by atoms with Gasteiger partial charge >= 0.3 is 6.18 Å². The number of nitrogens with one attached hydrogen (secondary N) is 1. The normalized spacial score (nSPS) is 22.1. The van der Waals surface area contributed by atoms with Crippen LogP contribution in [0.15, 0.2) is 16.7 Å². The summed E-state index contributed by atoms with van der Waals surface area (Å²) in [6.07, 6.45) is 0.101. The first-order valence-corrected chi connectivity index (χ1v) is 8.42. The van der Waals surface area contributed by atoms with Gasteiger partial charge < -0.3 is 10.2 Å². The number of hydrogen-bond acceptors (Lipinski definition) is 3. The lowest BCUT2D eigenvalue weighted by atomic mass is 10.1. The van der Waals surface area contributed by atoms with E-state index in [4.69, 9.17) is 0 Å². The molecule has 0 radical (unpaired) electrons. The molecule has 1 saturated carbocycles. The summed E-state index contributed by atoms with van der Waals surface area (Å²) in [5, 5.41) is 3.03. The third-order valence-electron chi connectivity index (χ3n) is 4.16. The molecule has 1 aromatic rings. The van der Waals surface area contributed by atoms with Gasteiger partial charge in [0, 0.05) is 31.2 Å². The molecule has 0 aromatic carbocycles. The van der Waals surface area contributed by atoms with E-state index < -0.39 is 11.7 Å². The van der Waals surface area contributed by atoms with Crippen molar-refractivity contribution in [2.75, 3.05) is 18.0 Å². The van der Waals surface area contributed by atoms with Gasteiger partial charge in [-0.25, -0.2) is 4.98 Å². The number of aromatic nitrogens is 1. The Kier molecular flexibility index (Phi) is 4.53. The number of alkyl halides is 3. The van der Waals surface area contributed by atoms with Gasteiger partial charge in [-0.15, -0.1) is 0 Å². The monoisotopic (exact) mass is 391 g/mol. The summed E-state index contributed by atoms with van der Waals surface area (Å²) >= 11 is 3.19. The predicted octanol–water partition coefficient (Wildman–Crippen LogP) is 3.36. The van der Waals surface area contributed by atoms with E-state index in [2.05, 4.69) is 26.2 Å². The second-order valence-corrected chi connectivity index (χ2v) is 6.95. The number of halogens is 4. The molecule has 1 N–H and O–H groups in total. The Morgan fingerprint density at radius 2 is 2.09 bits per heavy atom. The quantitative estimate of drug-likeness (QED) is 0.858. The topological polar surface area (TPSA) is 45.2 Å². The lowest BCUT2D eigenvalue weighted by Crippen LogP contribution is -2.48. The van der Waals surface area contributed by atoms with Crippen LogP contribution in [-0.2, 0) is 11.0 Å². The maximum absolute atomic E-state index is 12.7. The molecule has 1 atom stereocenters. The van der Waals surface area contributed by atoms with Crippen molar-refractivity contribution >= 4 is 27.7 Å². The van der Waals surface area contributed by atoms with Gasteiger partial charge in [0.1, 0.15) is 5.82 Å². The summed E-state index contributed by atoms with van der Waals surface area (Å²) < 4.78 is 38.4. The molecule has 0 spiro atoms. The van der Waals surface area contributed by atoms with Crippen LogP contribution in [0.25, 0.3) is 0 Å². The number of carbonyl (C=O) groups is 1. The summed E-state index contributed by atoms with van der Waals surface area (Å²) in [6.45, 7) is 1.28. The highest BCUT2D eigenvalue weighted by atomic mass is 79.9. The zero-order chi connectivity index (χ0) is 16.6. The Labute approximate surface area is 140 Å². The van der Waals surface area contributed by atoms with Crippen LogP contribution in [-0.4, -0.2) is 30.0 Å². The summed E-state index contributed by atoms with van der Waals surface area (Å²) in [5.74, 6) is 0.737. The van der Waals surface area contributed by atoms with Crippen LogP contribution in [0.5, 0.6) is 0 Å². The third-order valence-corrected chi connectivity index (χ3v) is 4.75. The van der Waals surface area contributed by atoms with Crippen LogP contribution in [0.2, 0.25) is 0 Å². The number of nitrogens with zero attached hydrogens (tertiary/aromatic N) is 2. The molecule has 2 fully saturated rings. The largest absolute Gasteiger partial charge is 0.417 e. The number of rotatable bonds is 3. The fourth-order valence-corrected chi connectivity index (χ4v) is 3.37. The molecule has 0 bridgehead atoms. The molecule has 1 unspecified atom stereocenters. The van der Waals surface area contributed by atoms with Crippen LogP contribution >= 0.6 is 15.9 Å². The highest BCUT2D eigenvalue weighted by Gasteiger charge is 2.34. The number of pyridine rings is 1. The maximum atomic E-state index is 12.7. The molecular formula is C15H17BrF3N3O. The number of anilines is 1. The minimum absolute atomic E-state index is 0.0212. The van der Waals surface area contributed by atoms with Crippen molar-refractivity contribution in [3.05, 3.63) is 22.3 Å². The van der Waals surface area contributed by atoms with Gasteiger partial charge in [-0.2, -0.15) is 13.2 Å². The van der Waals surface area contributed by atoms with Crippen LogP contribution in [0.4, 0.5) is 19.0 Å². The fraction of sp³-hybridized carbons (Fsp3) is 0.600. The number of hydrogen-bond donors (Lipinski definition) is 1. The van der Waals surface area contributed by atoms with E-state index in [0.29, 0.717) is 23.4 Å². The first-order chi connectivity index (χ1) is 10.8. The van der Waals surface area contributed by atoms with Crippen molar-refractivity contribution in [3.8, 4) is 0 Å². The van der Waals surface area contributed by atoms with E-state index in [1.54, 1.807) is 0 Å². The average Bonchev–Trinajstić information content (AvgIpc) is 3.31. The number of piperidine rings is 1. The first kappa shape index (κ1) is 16.5. The second-order valence-electron chi connectivity index (χ2n) is 6.10. The van der Waals surface area contributed by atoms with E-state index in [-0.39, 0.29) is 17.9 Å². The standard InChI is InChI=1S/C15H17BrF3N3O/c16-12-6-10(15(17,18)19)7-20-13(12)22-5-1-2-11(8-22)21-14(23)9-3-4-9/h6-7,9,11H,1-5,8H2,(H,21,23). The molecule has 1 amide bonds. The molecule has 8 heteroatoms. The molecule has 1 aromatic heterocycles. The zero-order valence-corrected chi connectivity index (χ0v) is 14.0. The van der Waals surface area contributed by atoms with Crippen molar-refractivity contribution in [2.45, 2.75) is 37.9 Å². The maximum Gasteiger partial charge on any atom is 0.417 e. The van der Waals surface area contributed by atoms with Crippen LogP contribution in [0.3, 0.4) is 0 Å². The molecule has 126 valence electrons. The van der Waals surface area contributed by atoms with E-state index in [9.17, 15) is 18.0 Å². The van der Waals surface area contributed by atoms with Gasteiger partial charge in [0.05, 0.1) is 10.0 Å². The Morgan fingerprint density at radius 3 is 2.70 bits per heavy atom. The summed E-state index contributed by atoms with van der Waals surface area (Å²) in [7, 11) is 0. The molecule has 1 aliphatic carbocycles. The lowest BCUT2D eigenvalue weighted by Gasteiger charge is -2.34. The zero-order valence-electron chi connectivity index (χ0n) is 12.4. The molecule has 2 aliphatic rings. The van der Waals surface area contributed by atoms with E-state index in [0.717, 1.165) is 37.9 Å². The van der Waals surface area contributed by atoms with Gasteiger partial charge in [-0.05, 0) is 47.7 Å².